The van der Waals surface area contributed by atoms with E-state index in [1.807, 2.05) is 30.3 Å². The predicted octanol–water partition coefficient (Wildman–Crippen LogP) is 3.78. The summed E-state index contributed by atoms with van der Waals surface area (Å²) in [5.41, 5.74) is 0. The number of hydrogen-bond acceptors (Lipinski definition) is 2. The molecule has 2 nitrogen and oxygen atoms in total. The summed E-state index contributed by atoms with van der Waals surface area (Å²) >= 11 is 5.51. The van der Waals surface area contributed by atoms with Crippen LogP contribution >= 0.6 is 11.6 Å². The summed E-state index contributed by atoms with van der Waals surface area (Å²) < 4.78 is 5.54. The predicted molar refractivity (Wildman–Crippen MR) is 65.9 cm³/mol. The van der Waals surface area contributed by atoms with Crippen molar-refractivity contribution in [2.24, 2.45) is 0 Å². The summed E-state index contributed by atoms with van der Waals surface area (Å²) in [7, 11) is 0. The van der Waals surface area contributed by atoms with Crippen LogP contribution in [0.1, 0.15) is 32.6 Å². The lowest BCUT2D eigenvalue weighted by Gasteiger charge is -2.14. The van der Waals surface area contributed by atoms with Crippen molar-refractivity contribution in [3.05, 3.63) is 30.3 Å². The van der Waals surface area contributed by atoms with E-state index >= 15 is 0 Å². The van der Waals surface area contributed by atoms with Gasteiger partial charge in [-0.15, -0.1) is 0 Å². The number of unbranched alkanes of at least 4 members (excludes halogenated alkanes) is 2. The van der Waals surface area contributed by atoms with Gasteiger partial charge in [0.25, 0.3) is 5.24 Å². The second kappa shape index (κ2) is 7.29. The van der Waals surface area contributed by atoms with E-state index < -0.39 is 11.3 Å². The molecular weight excluding hydrogens is 224 g/mol. The number of carbonyl (C=O) groups is 1. The van der Waals surface area contributed by atoms with Gasteiger partial charge in [0.15, 0.2) is 6.10 Å². The Hall–Kier alpha value is -1.02. The van der Waals surface area contributed by atoms with E-state index in [0.717, 1.165) is 19.3 Å². The molecule has 0 aliphatic rings. The third-order valence-corrected chi connectivity index (χ3v) is 2.59. The SMILES string of the molecule is CCCCCC(Oc1ccccc1)C(=O)Cl. The second-order valence-corrected chi connectivity index (χ2v) is 4.09. The van der Waals surface area contributed by atoms with E-state index in [-0.39, 0.29) is 0 Å². The molecule has 0 radical (unpaired) electrons. The van der Waals surface area contributed by atoms with Crippen molar-refractivity contribution in [3.8, 4) is 5.75 Å². The minimum Gasteiger partial charge on any atom is -0.481 e. The van der Waals surface area contributed by atoms with Crippen molar-refractivity contribution in [3.63, 3.8) is 0 Å². The van der Waals surface area contributed by atoms with E-state index in [1.165, 1.54) is 0 Å². The van der Waals surface area contributed by atoms with Crippen LogP contribution in [-0.4, -0.2) is 11.3 Å². The molecule has 0 bridgehead atoms. The normalized spacial score (nSPS) is 12.1. The van der Waals surface area contributed by atoms with Crippen molar-refractivity contribution >= 4 is 16.8 Å². The lowest BCUT2D eigenvalue weighted by molar-refractivity contribution is -0.118. The van der Waals surface area contributed by atoms with Gasteiger partial charge in [-0.25, -0.2) is 0 Å². The molecular formula is C13H17ClO2. The fourth-order valence-corrected chi connectivity index (χ4v) is 1.62. The average molecular weight is 241 g/mol. The van der Waals surface area contributed by atoms with Crippen LogP contribution in [0.5, 0.6) is 5.75 Å². The maximum absolute atomic E-state index is 11.2. The minimum atomic E-state index is -0.518. The highest BCUT2D eigenvalue weighted by atomic mass is 35.5. The third kappa shape index (κ3) is 4.67. The molecule has 0 saturated heterocycles. The third-order valence-electron chi connectivity index (χ3n) is 2.34. The summed E-state index contributed by atoms with van der Waals surface area (Å²) in [6.07, 6.45) is 3.35. The summed E-state index contributed by atoms with van der Waals surface area (Å²) in [4.78, 5) is 11.2. The van der Waals surface area contributed by atoms with Crippen LogP contribution in [-0.2, 0) is 4.79 Å². The number of halogens is 1. The van der Waals surface area contributed by atoms with Crippen molar-refractivity contribution in [2.45, 2.75) is 38.7 Å². The Morgan fingerprint density at radius 2 is 2.00 bits per heavy atom. The Morgan fingerprint density at radius 3 is 2.56 bits per heavy atom. The van der Waals surface area contributed by atoms with Gasteiger partial charge in [0, 0.05) is 0 Å². The summed E-state index contributed by atoms with van der Waals surface area (Å²) in [5, 5.41) is -0.417. The van der Waals surface area contributed by atoms with Gasteiger partial charge in [0.05, 0.1) is 0 Å². The van der Waals surface area contributed by atoms with Crippen LogP contribution in [0.25, 0.3) is 0 Å². The van der Waals surface area contributed by atoms with E-state index in [9.17, 15) is 4.79 Å². The van der Waals surface area contributed by atoms with Gasteiger partial charge in [-0.1, -0.05) is 38.0 Å². The number of ether oxygens (including phenoxy) is 1. The lowest BCUT2D eigenvalue weighted by Crippen LogP contribution is -2.23. The van der Waals surface area contributed by atoms with E-state index in [1.54, 1.807) is 0 Å². The standard InChI is InChI=1S/C13H17ClO2/c1-2-3-5-10-12(13(14)15)16-11-8-6-4-7-9-11/h4,6-9,12H,2-3,5,10H2,1H3. The van der Waals surface area contributed by atoms with E-state index in [2.05, 4.69) is 6.92 Å². The molecule has 1 rings (SSSR count). The van der Waals surface area contributed by atoms with Gasteiger partial charge < -0.3 is 4.74 Å². The molecule has 1 aromatic rings. The first-order chi connectivity index (χ1) is 7.74. The second-order valence-electron chi connectivity index (χ2n) is 3.72. The minimum absolute atomic E-state index is 0.417. The molecule has 1 unspecified atom stereocenters. The molecule has 0 N–H and O–H groups in total. The highest BCUT2D eigenvalue weighted by molar-refractivity contribution is 6.64. The molecule has 16 heavy (non-hydrogen) atoms. The molecule has 0 aliphatic carbocycles. The van der Waals surface area contributed by atoms with Crippen LogP contribution in [0.15, 0.2) is 30.3 Å². The van der Waals surface area contributed by atoms with Crippen molar-refractivity contribution in [2.75, 3.05) is 0 Å². The monoisotopic (exact) mass is 240 g/mol. The van der Waals surface area contributed by atoms with Crippen molar-refractivity contribution in [1.29, 1.82) is 0 Å². The highest BCUT2D eigenvalue weighted by Gasteiger charge is 2.17. The zero-order chi connectivity index (χ0) is 11.8. The van der Waals surface area contributed by atoms with Crippen LogP contribution in [0.2, 0.25) is 0 Å². The molecule has 0 amide bonds. The number of benzene rings is 1. The number of para-hydroxylation sites is 1. The van der Waals surface area contributed by atoms with Gasteiger partial charge >= 0.3 is 0 Å². The smallest absolute Gasteiger partial charge is 0.262 e. The molecule has 0 saturated carbocycles. The van der Waals surface area contributed by atoms with Crippen LogP contribution in [0.4, 0.5) is 0 Å². The zero-order valence-electron chi connectivity index (χ0n) is 9.49. The van der Waals surface area contributed by atoms with E-state index in [4.69, 9.17) is 16.3 Å². The maximum atomic E-state index is 11.2. The highest BCUT2D eigenvalue weighted by Crippen LogP contribution is 2.16. The van der Waals surface area contributed by atoms with Gasteiger partial charge in [-0.3, -0.25) is 4.79 Å². The Morgan fingerprint density at radius 1 is 1.31 bits per heavy atom. The number of rotatable bonds is 7. The van der Waals surface area contributed by atoms with Crippen LogP contribution in [0.3, 0.4) is 0 Å². The van der Waals surface area contributed by atoms with Gasteiger partial charge in [-0.2, -0.15) is 0 Å². The first kappa shape index (κ1) is 13.0. The Labute approximate surface area is 102 Å². The molecule has 1 aromatic carbocycles. The van der Waals surface area contributed by atoms with Crippen molar-refractivity contribution in [1.82, 2.24) is 0 Å². The summed E-state index contributed by atoms with van der Waals surface area (Å²) in [6.45, 7) is 2.12. The van der Waals surface area contributed by atoms with E-state index in [0.29, 0.717) is 12.2 Å². The average Bonchev–Trinajstić information content (AvgIpc) is 2.29. The van der Waals surface area contributed by atoms with Gasteiger partial charge in [-0.05, 0) is 36.6 Å². The first-order valence-electron chi connectivity index (χ1n) is 5.65. The first-order valence-corrected chi connectivity index (χ1v) is 6.03. The van der Waals surface area contributed by atoms with Crippen molar-refractivity contribution < 1.29 is 9.53 Å². The van der Waals surface area contributed by atoms with Gasteiger partial charge in [0.2, 0.25) is 0 Å². The largest absolute Gasteiger partial charge is 0.481 e. The topological polar surface area (TPSA) is 26.3 Å². The van der Waals surface area contributed by atoms with Crippen LogP contribution in [0, 0.1) is 0 Å². The Bertz CT molecular complexity index is 311. The number of carbonyl (C=O) groups excluding carboxylic acids is 1. The molecule has 3 heteroatoms. The lowest BCUT2D eigenvalue weighted by atomic mass is 10.1. The molecule has 88 valence electrons. The molecule has 0 fully saturated rings. The number of hydrogen-bond donors (Lipinski definition) is 0. The fourth-order valence-electron chi connectivity index (χ4n) is 1.46. The summed E-state index contributed by atoms with van der Waals surface area (Å²) in [6, 6.07) is 9.30. The fraction of sp³-hybridized carbons (Fsp3) is 0.462. The molecule has 1 atom stereocenters. The Balaban J connectivity index is 2.48. The molecule has 0 spiro atoms. The Kier molecular flexibility index (Phi) is 5.94. The maximum Gasteiger partial charge on any atom is 0.262 e. The molecule has 0 aromatic heterocycles. The van der Waals surface area contributed by atoms with Gasteiger partial charge in [0.1, 0.15) is 5.75 Å². The molecule has 0 aliphatic heterocycles. The summed E-state index contributed by atoms with van der Waals surface area (Å²) in [5.74, 6) is 0.693. The zero-order valence-corrected chi connectivity index (χ0v) is 10.2. The molecule has 0 heterocycles. The van der Waals surface area contributed by atoms with Crippen LogP contribution < -0.4 is 4.74 Å². The quantitative estimate of drug-likeness (QED) is 0.536.